The van der Waals surface area contributed by atoms with Gasteiger partial charge in [0.1, 0.15) is 5.82 Å². The number of hydrogen-bond acceptors (Lipinski definition) is 4. The molecule has 106 valence electrons. The van der Waals surface area contributed by atoms with Gasteiger partial charge in [0.15, 0.2) is 0 Å². The highest BCUT2D eigenvalue weighted by Gasteiger charge is 2.12. The lowest BCUT2D eigenvalue weighted by atomic mass is 10.2. The van der Waals surface area contributed by atoms with Gasteiger partial charge in [-0.2, -0.15) is 0 Å². The molecule has 1 heterocycles. The Kier molecular flexibility index (Phi) is 6.29. The first-order valence-electron chi connectivity index (χ1n) is 6.68. The van der Waals surface area contributed by atoms with E-state index < -0.39 is 6.10 Å². The van der Waals surface area contributed by atoms with E-state index in [1.165, 1.54) is 0 Å². The first kappa shape index (κ1) is 15.4. The van der Waals surface area contributed by atoms with Crippen molar-refractivity contribution in [3.05, 3.63) is 23.9 Å². The van der Waals surface area contributed by atoms with E-state index in [1.54, 1.807) is 37.2 Å². The zero-order chi connectivity index (χ0) is 14.3. The minimum Gasteiger partial charge on any atom is -0.393 e. The Bertz CT molecular complexity index is 407. The van der Waals surface area contributed by atoms with E-state index in [9.17, 15) is 9.90 Å². The van der Waals surface area contributed by atoms with Crippen molar-refractivity contribution in [2.24, 2.45) is 0 Å². The van der Waals surface area contributed by atoms with Gasteiger partial charge in [0.2, 0.25) is 0 Å². The number of aromatic nitrogens is 1. The van der Waals surface area contributed by atoms with E-state index in [0.29, 0.717) is 18.5 Å². The van der Waals surface area contributed by atoms with Crippen molar-refractivity contribution in [3.63, 3.8) is 0 Å². The molecule has 0 aliphatic heterocycles. The van der Waals surface area contributed by atoms with Gasteiger partial charge in [0, 0.05) is 31.9 Å². The summed E-state index contributed by atoms with van der Waals surface area (Å²) in [6, 6.07) is 3.47. The summed E-state index contributed by atoms with van der Waals surface area (Å²) in [7, 11) is 1.74. The first-order chi connectivity index (χ1) is 9.04. The molecule has 0 aliphatic rings. The highest BCUT2D eigenvalue weighted by atomic mass is 16.3. The van der Waals surface area contributed by atoms with Crippen LogP contribution in [0.1, 0.15) is 37.0 Å². The SMILES string of the molecule is CCCNc1cc(C(=O)N(C)CCC(C)O)ccn1. The van der Waals surface area contributed by atoms with E-state index in [4.69, 9.17) is 0 Å². The molecule has 1 unspecified atom stereocenters. The van der Waals surface area contributed by atoms with Crippen molar-refractivity contribution >= 4 is 11.7 Å². The Morgan fingerprint density at radius 1 is 1.58 bits per heavy atom. The quantitative estimate of drug-likeness (QED) is 0.788. The van der Waals surface area contributed by atoms with Gasteiger partial charge in [0.25, 0.3) is 5.91 Å². The van der Waals surface area contributed by atoms with Gasteiger partial charge in [-0.25, -0.2) is 4.98 Å². The number of rotatable bonds is 7. The van der Waals surface area contributed by atoms with Crippen LogP contribution in [0.3, 0.4) is 0 Å². The van der Waals surface area contributed by atoms with Gasteiger partial charge in [-0.05, 0) is 31.9 Å². The van der Waals surface area contributed by atoms with Crippen molar-refractivity contribution < 1.29 is 9.90 Å². The molecule has 1 atom stereocenters. The number of nitrogens with zero attached hydrogens (tertiary/aromatic N) is 2. The van der Waals surface area contributed by atoms with E-state index in [0.717, 1.165) is 18.8 Å². The molecule has 1 rings (SSSR count). The molecule has 19 heavy (non-hydrogen) atoms. The molecule has 1 aromatic heterocycles. The van der Waals surface area contributed by atoms with Crippen LogP contribution in [0.2, 0.25) is 0 Å². The second-order valence-corrected chi connectivity index (χ2v) is 4.72. The average Bonchev–Trinajstić information content (AvgIpc) is 2.41. The molecule has 0 spiro atoms. The summed E-state index contributed by atoms with van der Waals surface area (Å²) in [6.07, 6.45) is 2.82. The normalized spacial score (nSPS) is 12.0. The summed E-state index contributed by atoms with van der Waals surface area (Å²) in [5, 5.41) is 12.4. The summed E-state index contributed by atoms with van der Waals surface area (Å²) in [4.78, 5) is 18.0. The molecule has 0 radical (unpaired) electrons. The Balaban J connectivity index is 2.65. The Hall–Kier alpha value is -1.62. The predicted octanol–water partition coefficient (Wildman–Crippen LogP) is 1.75. The standard InChI is InChI=1S/C14H23N3O2/c1-4-7-15-13-10-12(5-8-16-13)14(19)17(3)9-6-11(2)18/h5,8,10-11,18H,4,6-7,9H2,1-3H3,(H,15,16). The topological polar surface area (TPSA) is 65.5 Å². The van der Waals surface area contributed by atoms with E-state index in [2.05, 4.69) is 17.2 Å². The van der Waals surface area contributed by atoms with E-state index in [-0.39, 0.29) is 5.91 Å². The van der Waals surface area contributed by atoms with Crippen molar-refractivity contribution in [1.29, 1.82) is 0 Å². The van der Waals surface area contributed by atoms with Crippen molar-refractivity contribution in [3.8, 4) is 0 Å². The number of amides is 1. The van der Waals surface area contributed by atoms with Gasteiger partial charge < -0.3 is 15.3 Å². The molecule has 1 aromatic rings. The predicted molar refractivity (Wildman–Crippen MR) is 76.3 cm³/mol. The number of hydrogen-bond donors (Lipinski definition) is 2. The van der Waals surface area contributed by atoms with Crippen LogP contribution in [0.4, 0.5) is 5.82 Å². The van der Waals surface area contributed by atoms with Gasteiger partial charge in [-0.3, -0.25) is 4.79 Å². The highest BCUT2D eigenvalue weighted by molar-refractivity contribution is 5.94. The number of aliphatic hydroxyl groups excluding tert-OH is 1. The summed E-state index contributed by atoms with van der Waals surface area (Å²) in [5.74, 6) is 0.666. The highest BCUT2D eigenvalue weighted by Crippen LogP contribution is 2.09. The van der Waals surface area contributed by atoms with Crippen LogP contribution < -0.4 is 5.32 Å². The molecule has 0 bridgehead atoms. The largest absolute Gasteiger partial charge is 0.393 e. The number of aliphatic hydroxyl groups is 1. The fourth-order valence-corrected chi connectivity index (χ4v) is 1.62. The summed E-state index contributed by atoms with van der Waals surface area (Å²) >= 11 is 0. The minimum atomic E-state index is -0.394. The van der Waals surface area contributed by atoms with Gasteiger partial charge in [-0.1, -0.05) is 6.92 Å². The zero-order valence-corrected chi connectivity index (χ0v) is 11.9. The number of pyridine rings is 1. The molecular weight excluding hydrogens is 242 g/mol. The molecule has 5 nitrogen and oxygen atoms in total. The monoisotopic (exact) mass is 265 g/mol. The Morgan fingerprint density at radius 3 is 2.95 bits per heavy atom. The van der Waals surface area contributed by atoms with Crippen LogP contribution in [0.5, 0.6) is 0 Å². The second kappa shape index (κ2) is 7.74. The average molecular weight is 265 g/mol. The molecule has 1 amide bonds. The summed E-state index contributed by atoms with van der Waals surface area (Å²) in [5.41, 5.74) is 0.613. The fourth-order valence-electron chi connectivity index (χ4n) is 1.62. The van der Waals surface area contributed by atoms with E-state index >= 15 is 0 Å². The smallest absolute Gasteiger partial charge is 0.253 e. The maximum Gasteiger partial charge on any atom is 0.253 e. The molecule has 2 N–H and O–H groups in total. The van der Waals surface area contributed by atoms with Gasteiger partial charge in [-0.15, -0.1) is 0 Å². The molecule has 5 heteroatoms. The van der Waals surface area contributed by atoms with E-state index in [1.807, 2.05) is 0 Å². The maximum atomic E-state index is 12.2. The molecule has 0 saturated heterocycles. The summed E-state index contributed by atoms with van der Waals surface area (Å²) in [6.45, 7) is 5.17. The second-order valence-electron chi connectivity index (χ2n) is 4.72. The van der Waals surface area contributed by atoms with Crippen LogP contribution in [-0.4, -0.2) is 47.1 Å². The van der Waals surface area contributed by atoms with Crippen molar-refractivity contribution in [1.82, 2.24) is 9.88 Å². The summed E-state index contributed by atoms with van der Waals surface area (Å²) < 4.78 is 0. The van der Waals surface area contributed by atoms with Crippen LogP contribution in [0.15, 0.2) is 18.3 Å². The van der Waals surface area contributed by atoms with Gasteiger partial charge in [0.05, 0.1) is 6.10 Å². The molecule has 0 aromatic carbocycles. The molecule has 0 aliphatic carbocycles. The third-order valence-corrected chi connectivity index (χ3v) is 2.79. The Morgan fingerprint density at radius 2 is 2.32 bits per heavy atom. The lowest BCUT2D eigenvalue weighted by Gasteiger charge is -2.18. The molecular formula is C14H23N3O2. The minimum absolute atomic E-state index is 0.0531. The maximum absolute atomic E-state index is 12.2. The third kappa shape index (κ3) is 5.26. The van der Waals surface area contributed by atoms with Crippen LogP contribution in [0, 0.1) is 0 Å². The Labute approximate surface area is 114 Å². The van der Waals surface area contributed by atoms with Crippen LogP contribution in [-0.2, 0) is 0 Å². The fraction of sp³-hybridized carbons (Fsp3) is 0.571. The lowest BCUT2D eigenvalue weighted by molar-refractivity contribution is 0.0769. The molecule has 0 saturated carbocycles. The van der Waals surface area contributed by atoms with Crippen LogP contribution in [0.25, 0.3) is 0 Å². The number of nitrogens with one attached hydrogen (secondary N) is 1. The zero-order valence-electron chi connectivity index (χ0n) is 11.9. The third-order valence-electron chi connectivity index (χ3n) is 2.79. The van der Waals surface area contributed by atoms with Crippen LogP contribution >= 0.6 is 0 Å². The number of carbonyl (C=O) groups is 1. The molecule has 0 fully saturated rings. The number of anilines is 1. The van der Waals surface area contributed by atoms with Crippen molar-refractivity contribution in [2.75, 3.05) is 25.5 Å². The lowest BCUT2D eigenvalue weighted by Crippen LogP contribution is -2.29. The first-order valence-corrected chi connectivity index (χ1v) is 6.68. The van der Waals surface area contributed by atoms with Crippen molar-refractivity contribution in [2.45, 2.75) is 32.8 Å². The van der Waals surface area contributed by atoms with Gasteiger partial charge >= 0.3 is 0 Å². The number of carbonyl (C=O) groups excluding carboxylic acids is 1.